The smallest absolute Gasteiger partial charge is 0.161 e. The highest BCUT2D eigenvalue weighted by molar-refractivity contribution is 5.30. The molecule has 88 valence electrons. The zero-order valence-corrected chi connectivity index (χ0v) is 9.79. The van der Waals surface area contributed by atoms with Crippen LogP contribution in [0.5, 0.6) is 5.75 Å². The molecule has 1 N–H and O–H groups in total. The second-order valence-corrected chi connectivity index (χ2v) is 3.79. The fourth-order valence-electron chi connectivity index (χ4n) is 1.48. The third-order valence-corrected chi connectivity index (χ3v) is 2.48. The van der Waals surface area contributed by atoms with Crippen molar-refractivity contribution in [2.45, 2.75) is 13.0 Å². The number of aryl methyl sites for hydroxylation is 1. The summed E-state index contributed by atoms with van der Waals surface area (Å²) in [5.74, 6) is 1.16. The Morgan fingerprint density at radius 2 is 1.71 bits per heavy atom. The van der Waals surface area contributed by atoms with Crippen molar-refractivity contribution in [1.29, 1.82) is 0 Å². The van der Waals surface area contributed by atoms with Crippen LogP contribution in [-0.4, -0.2) is 22.2 Å². The summed E-state index contributed by atoms with van der Waals surface area (Å²) in [6.07, 6.45) is 2.57. The Morgan fingerprint density at radius 1 is 1.12 bits per heavy atom. The van der Waals surface area contributed by atoms with Crippen LogP contribution in [0.25, 0.3) is 0 Å². The number of nitrogens with zero attached hydrogens (tertiary/aromatic N) is 2. The molecule has 0 fully saturated rings. The average Bonchev–Trinajstić information content (AvgIpc) is 2.39. The lowest BCUT2D eigenvalue weighted by molar-refractivity contribution is 0.209. The van der Waals surface area contributed by atoms with E-state index in [-0.39, 0.29) is 0 Å². The van der Waals surface area contributed by atoms with E-state index in [2.05, 4.69) is 9.97 Å². The van der Waals surface area contributed by atoms with Gasteiger partial charge in [0.15, 0.2) is 5.82 Å². The molecular weight excluding hydrogens is 216 g/mol. The quantitative estimate of drug-likeness (QED) is 0.874. The van der Waals surface area contributed by atoms with Crippen LogP contribution < -0.4 is 4.74 Å². The molecule has 1 unspecified atom stereocenters. The van der Waals surface area contributed by atoms with Gasteiger partial charge in [0.25, 0.3) is 0 Å². The standard InChI is InChI=1S/C13H14N2O2/c1-9-7-14-13(15-8-9)12(16)10-3-5-11(17-2)6-4-10/h3-8,12,16H,1-2H3. The van der Waals surface area contributed by atoms with Gasteiger partial charge in [-0.05, 0) is 30.2 Å². The van der Waals surface area contributed by atoms with Crippen molar-refractivity contribution >= 4 is 0 Å². The van der Waals surface area contributed by atoms with E-state index in [9.17, 15) is 5.11 Å². The minimum Gasteiger partial charge on any atom is -0.497 e. The summed E-state index contributed by atoms with van der Waals surface area (Å²) in [5, 5.41) is 10.1. The van der Waals surface area contributed by atoms with E-state index in [4.69, 9.17) is 4.74 Å². The molecule has 0 aliphatic rings. The molecule has 4 nitrogen and oxygen atoms in total. The molecule has 4 heteroatoms. The molecule has 1 heterocycles. The van der Waals surface area contributed by atoms with E-state index in [1.165, 1.54) is 0 Å². The predicted octanol–water partition coefficient (Wildman–Crippen LogP) is 1.88. The molecule has 0 amide bonds. The van der Waals surface area contributed by atoms with Gasteiger partial charge >= 0.3 is 0 Å². The Labute approximate surface area is 99.9 Å². The first-order valence-corrected chi connectivity index (χ1v) is 5.31. The highest BCUT2D eigenvalue weighted by Crippen LogP contribution is 2.21. The summed E-state index contributed by atoms with van der Waals surface area (Å²) < 4.78 is 5.06. The van der Waals surface area contributed by atoms with E-state index in [1.54, 1.807) is 43.8 Å². The summed E-state index contributed by atoms with van der Waals surface area (Å²) >= 11 is 0. The van der Waals surface area contributed by atoms with Crippen molar-refractivity contribution < 1.29 is 9.84 Å². The van der Waals surface area contributed by atoms with Gasteiger partial charge < -0.3 is 9.84 Å². The molecule has 17 heavy (non-hydrogen) atoms. The molecule has 0 aliphatic heterocycles. The highest BCUT2D eigenvalue weighted by Gasteiger charge is 2.12. The first-order valence-electron chi connectivity index (χ1n) is 5.31. The maximum absolute atomic E-state index is 10.1. The molecule has 2 rings (SSSR count). The van der Waals surface area contributed by atoms with E-state index in [0.29, 0.717) is 5.82 Å². The number of aromatic nitrogens is 2. The zero-order valence-electron chi connectivity index (χ0n) is 9.79. The van der Waals surface area contributed by atoms with Crippen LogP contribution in [0.15, 0.2) is 36.7 Å². The number of ether oxygens (including phenoxy) is 1. The van der Waals surface area contributed by atoms with Crippen molar-refractivity contribution in [1.82, 2.24) is 9.97 Å². The second-order valence-electron chi connectivity index (χ2n) is 3.79. The number of benzene rings is 1. The van der Waals surface area contributed by atoms with Crippen LogP contribution in [-0.2, 0) is 0 Å². The first kappa shape index (κ1) is 11.5. The number of hydrogen-bond donors (Lipinski definition) is 1. The summed E-state index contributed by atoms with van der Waals surface area (Å²) in [6.45, 7) is 1.91. The summed E-state index contributed by atoms with van der Waals surface area (Å²) in [6, 6.07) is 7.19. The molecule has 0 saturated heterocycles. The Kier molecular flexibility index (Phi) is 3.35. The predicted molar refractivity (Wildman–Crippen MR) is 63.8 cm³/mol. The second kappa shape index (κ2) is 4.93. The maximum Gasteiger partial charge on any atom is 0.161 e. The van der Waals surface area contributed by atoms with E-state index >= 15 is 0 Å². The summed E-state index contributed by atoms with van der Waals surface area (Å²) in [7, 11) is 1.61. The van der Waals surface area contributed by atoms with Gasteiger partial charge in [0.05, 0.1) is 7.11 Å². The van der Waals surface area contributed by atoms with Gasteiger partial charge in [0.1, 0.15) is 11.9 Å². The van der Waals surface area contributed by atoms with Gasteiger partial charge in [-0.15, -0.1) is 0 Å². The molecule has 0 saturated carbocycles. The minimum atomic E-state index is -0.804. The monoisotopic (exact) mass is 230 g/mol. The Hall–Kier alpha value is -1.94. The number of aliphatic hydroxyl groups is 1. The van der Waals surface area contributed by atoms with Gasteiger partial charge in [-0.25, -0.2) is 9.97 Å². The van der Waals surface area contributed by atoms with Crippen molar-refractivity contribution in [3.63, 3.8) is 0 Å². The Balaban J connectivity index is 2.23. The zero-order chi connectivity index (χ0) is 12.3. The van der Waals surface area contributed by atoms with Gasteiger partial charge in [0, 0.05) is 12.4 Å². The van der Waals surface area contributed by atoms with Crippen LogP contribution in [0.2, 0.25) is 0 Å². The first-order chi connectivity index (χ1) is 8.20. The molecule has 1 atom stereocenters. The fourth-order valence-corrected chi connectivity index (χ4v) is 1.48. The lowest BCUT2D eigenvalue weighted by Crippen LogP contribution is -2.05. The van der Waals surface area contributed by atoms with Gasteiger partial charge in [-0.1, -0.05) is 12.1 Å². The third-order valence-electron chi connectivity index (χ3n) is 2.48. The molecule has 0 aliphatic carbocycles. The number of aliphatic hydroxyl groups excluding tert-OH is 1. The molecular formula is C13H14N2O2. The van der Waals surface area contributed by atoms with Gasteiger partial charge in [0.2, 0.25) is 0 Å². The molecule has 2 aromatic rings. The largest absolute Gasteiger partial charge is 0.497 e. The molecule has 0 bridgehead atoms. The molecule has 1 aromatic heterocycles. The van der Waals surface area contributed by atoms with Gasteiger partial charge in [-0.2, -0.15) is 0 Å². The van der Waals surface area contributed by atoms with Crippen molar-refractivity contribution in [2.75, 3.05) is 7.11 Å². The lowest BCUT2D eigenvalue weighted by Gasteiger charge is -2.10. The van der Waals surface area contributed by atoms with Gasteiger partial charge in [-0.3, -0.25) is 0 Å². The van der Waals surface area contributed by atoms with E-state index in [0.717, 1.165) is 16.9 Å². The number of rotatable bonds is 3. The molecule has 0 spiro atoms. The minimum absolute atomic E-state index is 0.403. The van der Waals surface area contributed by atoms with Crippen molar-refractivity contribution in [2.24, 2.45) is 0 Å². The number of methoxy groups -OCH3 is 1. The average molecular weight is 230 g/mol. The Morgan fingerprint density at radius 3 is 2.24 bits per heavy atom. The van der Waals surface area contributed by atoms with E-state index < -0.39 is 6.10 Å². The van der Waals surface area contributed by atoms with Crippen LogP contribution in [0.3, 0.4) is 0 Å². The van der Waals surface area contributed by atoms with Crippen LogP contribution in [0.1, 0.15) is 23.1 Å². The maximum atomic E-state index is 10.1. The van der Waals surface area contributed by atoms with Crippen molar-refractivity contribution in [3.8, 4) is 5.75 Å². The lowest BCUT2D eigenvalue weighted by atomic mass is 10.1. The highest BCUT2D eigenvalue weighted by atomic mass is 16.5. The number of hydrogen-bond acceptors (Lipinski definition) is 4. The van der Waals surface area contributed by atoms with Crippen molar-refractivity contribution in [3.05, 3.63) is 53.6 Å². The topological polar surface area (TPSA) is 55.2 Å². The summed E-state index contributed by atoms with van der Waals surface area (Å²) in [4.78, 5) is 8.21. The van der Waals surface area contributed by atoms with Crippen LogP contribution >= 0.6 is 0 Å². The third kappa shape index (κ3) is 2.60. The molecule has 0 radical (unpaired) electrons. The molecule has 1 aromatic carbocycles. The SMILES string of the molecule is COc1ccc(C(O)c2ncc(C)cn2)cc1. The van der Waals surface area contributed by atoms with Crippen LogP contribution in [0.4, 0.5) is 0 Å². The van der Waals surface area contributed by atoms with Crippen LogP contribution in [0, 0.1) is 6.92 Å². The normalized spacial score (nSPS) is 12.2. The summed E-state index contributed by atoms with van der Waals surface area (Å²) in [5.41, 5.74) is 1.71. The fraction of sp³-hybridized carbons (Fsp3) is 0.231. The van der Waals surface area contributed by atoms with E-state index in [1.807, 2.05) is 6.92 Å². The Bertz CT molecular complexity index is 480.